The molecule has 0 heterocycles. The normalized spacial score (nSPS) is 30.6. The van der Waals surface area contributed by atoms with E-state index in [1.54, 1.807) is 0 Å². The Balaban J connectivity index is 0.000000340. The van der Waals surface area contributed by atoms with E-state index in [4.69, 9.17) is 8.85 Å². The van der Waals surface area contributed by atoms with Crippen LogP contribution in [0.4, 0.5) is 0 Å². The van der Waals surface area contributed by atoms with E-state index in [1.807, 2.05) is 12.2 Å². The molecule has 0 aromatic heterocycles. The summed E-state index contributed by atoms with van der Waals surface area (Å²) in [7, 11) is -3.38. The molecule has 6 atom stereocenters. The minimum absolute atomic E-state index is 0.206. The maximum absolute atomic E-state index is 9.98. The minimum Gasteiger partial charge on any atom is -0.414 e. The van der Waals surface area contributed by atoms with Crippen molar-refractivity contribution in [2.24, 2.45) is 11.8 Å². The second-order valence-electron chi connectivity index (χ2n) is 13.6. The molecular weight excluding hydrogens is 456 g/mol. The second-order valence-corrected chi connectivity index (χ2v) is 23.2. The van der Waals surface area contributed by atoms with Gasteiger partial charge in [-0.2, -0.15) is 0 Å². The van der Waals surface area contributed by atoms with Crippen LogP contribution >= 0.6 is 0 Å². The first-order chi connectivity index (χ1) is 15.3. The molecule has 34 heavy (non-hydrogen) atoms. The van der Waals surface area contributed by atoms with E-state index < -0.39 is 16.6 Å². The van der Waals surface area contributed by atoms with Gasteiger partial charge in [0.1, 0.15) is 0 Å². The third kappa shape index (κ3) is 9.00. The van der Waals surface area contributed by atoms with Crippen molar-refractivity contribution in [2.45, 2.75) is 141 Å². The molecule has 2 aliphatic carbocycles. The summed E-state index contributed by atoms with van der Waals surface area (Å²) < 4.78 is 12.7. The lowest BCUT2D eigenvalue weighted by Crippen LogP contribution is -2.43. The number of aliphatic hydroxyl groups is 2. The van der Waals surface area contributed by atoms with Gasteiger partial charge in [0.15, 0.2) is 16.6 Å². The average Bonchev–Trinajstić information content (AvgIpc) is 3.15. The molecule has 0 radical (unpaired) electrons. The zero-order chi connectivity index (χ0) is 26.5. The number of rotatable bonds is 8. The van der Waals surface area contributed by atoms with Gasteiger partial charge in [0.05, 0.1) is 12.2 Å². The van der Waals surface area contributed by atoms with Crippen molar-refractivity contribution in [1.82, 2.24) is 0 Å². The monoisotopic (exact) mass is 512 g/mol. The molecule has 2 aliphatic rings. The van der Waals surface area contributed by atoms with Gasteiger partial charge in [-0.25, -0.2) is 0 Å². The zero-order valence-electron chi connectivity index (χ0n) is 24.0. The van der Waals surface area contributed by atoms with Crippen LogP contribution < -0.4 is 0 Å². The average molecular weight is 513 g/mol. The molecule has 0 aliphatic heterocycles. The number of aliphatic hydroxyl groups excluding tert-OH is 2. The number of hydrogen-bond acceptors (Lipinski definition) is 4. The largest absolute Gasteiger partial charge is 0.414 e. The summed E-state index contributed by atoms with van der Waals surface area (Å²) in [5.41, 5.74) is 0. The van der Waals surface area contributed by atoms with Gasteiger partial charge >= 0.3 is 0 Å². The van der Waals surface area contributed by atoms with Crippen molar-refractivity contribution in [2.75, 3.05) is 0 Å². The van der Waals surface area contributed by atoms with E-state index in [-0.39, 0.29) is 34.5 Å². The molecule has 2 rings (SSSR count). The van der Waals surface area contributed by atoms with E-state index >= 15 is 0 Å². The predicted octanol–water partition coefficient (Wildman–Crippen LogP) is 7.45. The van der Waals surface area contributed by atoms with Crippen LogP contribution in [0.1, 0.15) is 80.1 Å². The zero-order valence-corrected chi connectivity index (χ0v) is 26.0. The van der Waals surface area contributed by atoms with Gasteiger partial charge in [-0.1, -0.05) is 53.7 Å². The van der Waals surface area contributed by atoms with E-state index in [2.05, 4.69) is 80.9 Å². The summed E-state index contributed by atoms with van der Waals surface area (Å²) in [6.45, 7) is 30.2. The smallest absolute Gasteiger partial charge is 0.192 e. The Morgan fingerprint density at radius 2 is 0.971 bits per heavy atom. The Morgan fingerprint density at radius 3 is 1.21 bits per heavy atom. The van der Waals surface area contributed by atoms with Crippen molar-refractivity contribution >= 4 is 16.6 Å². The highest BCUT2D eigenvalue weighted by Crippen LogP contribution is 2.42. The van der Waals surface area contributed by atoms with Gasteiger partial charge in [0.2, 0.25) is 0 Å². The van der Waals surface area contributed by atoms with Gasteiger partial charge in [-0.05, 0) is 86.6 Å². The maximum Gasteiger partial charge on any atom is 0.192 e. The number of hydrogen-bond donors (Lipinski definition) is 2. The van der Waals surface area contributed by atoms with Crippen LogP contribution in [-0.4, -0.2) is 51.3 Å². The van der Waals surface area contributed by atoms with Crippen molar-refractivity contribution in [3.05, 3.63) is 25.3 Å². The fourth-order valence-electron chi connectivity index (χ4n) is 4.42. The van der Waals surface area contributed by atoms with Gasteiger partial charge in [-0.3, -0.25) is 0 Å². The quantitative estimate of drug-likeness (QED) is 0.262. The minimum atomic E-state index is -1.69. The molecule has 0 unspecified atom stereocenters. The molecular formula is C28H56O4Si2. The van der Waals surface area contributed by atoms with Gasteiger partial charge in [0, 0.05) is 12.2 Å². The Bertz CT molecular complexity index is 592. The van der Waals surface area contributed by atoms with Crippen LogP contribution in [-0.2, 0) is 8.85 Å². The van der Waals surface area contributed by atoms with E-state index in [0.717, 1.165) is 38.5 Å². The Labute approximate surface area is 213 Å². The molecule has 2 saturated carbocycles. The highest BCUT2D eigenvalue weighted by Gasteiger charge is 2.43. The molecule has 200 valence electrons. The lowest BCUT2D eigenvalue weighted by Gasteiger charge is -2.38. The molecule has 0 saturated heterocycles. The molecule has 0 aromatic rings. The summed E-state index contributed by atoms with van der Waals surface area (Å²) in [6.07, 6.45) is 9.26. The molecule has 2 N–H and O–H groups in total. The van der Waals surface area contributed by atoms with Crippen molar-refractivity contribution in [1.29, 1.82) is 0 Å². The molecule has 0 bridgehead atoms. The highest BCUT2D eigenvalue weighted by molar-refractivity contribution is 6.74. The topological polar surface area (TPSA) is 58.9 Å². The highest BCUT2D eigenvalue weighted by atomic mass is 28.4. The number of allylic oxidation sites excluding steroid dienone is 2. The molecule has 0 spiro atoms. The van der Waals surface area contributed by atoms with Crippen molar-refractivity contribution in [3.8, 4) is 0 Å². The first-order valence-corrected chi connectivity index (χ1v) is 19.1. The summed E-state index contributed by atoms with van der Waals surface area (Å²) in [5.74, 6) is 0.699. The Morgan fingerprint density at radius 1 is 0.676 bits per heavy atom. The lowest BCUT2D eigenvalue weighted by atomic mass is 10.0. The van der Waals surface area contributed by atoms with Crippen LogP contribution in [0.2, 0.25) is 36.3 Å². The molecule has 6 heteroatoms. The predicted molar refractivity (Wildman–Crippen MR) is 151 cm³/mol. The maximum atomic E-state index is 9.98. The van der Waals surface area contributed by atoms with Gasteiger partial charge < -0.3 is 19.1 Å². The SMILES string of the molecule is C=CC[C@@H]1C[C@@H](O[Si](C)(C)C(C)(C)C)C[C@@H]1O.C=CC[C@H]1C[C@H](O[Si](C)(C)C(C)(C)C)C[C@H]1O. The molecule has 4 nitrogen and oxygen atoms in total. The molecule has 2 fully saturated rings. The Kier molecular flexibility index (Phi) is 11.5. The summed E-state index contributed by atoms with van der Waals surface area (Å²) >= 11 is 0. The first-order valence-electron chi connectivity index (χ1n) is 13.3. The Hall–Kier alpha value is -0.246. The standard InChI is InChI=1S/2C14H28O2Si/c2*1-7-8-11-9-12(10-13(11)15)16-17(5,6)14(2,3)4/h2*7,11-13,15H,1,8-10H2,2-6H3/t2*11-,12-,13+/m10/s1. The van der Waals surface area contributed by atoms with Crippen LogP contribution in [0, 0.1) is 11.8 Å². The molecule has 0 aromatic carbocycles. The van der Waals surface area contributed by atoms with E-state index in [9.17, 15) is 10.2 Å². The fraction of sp³-hybridized carbons (Fsp3) is 0.857. The second kappa shape index (κ2) is 12.3. The van der Waals surface area contributed by atoms with Crippen LogP contribution in [0.15, 0.2) is 25.3 Å². The van der Waals surface area contributed by atoms with Crippen molar-refractivity contribution in [3.63, 3.8) is 0 Å². The van der Waals surface area contributed by atoms with E-state index in [1.165, 1.54) is 0 Å². The summed E-state index contributed by atoms with van der Waals surface area (Å²) in [4.78, 5) is 0. The third-order valence-electron chi connectivity index (χ3n) is 8.70. The summed E-state index contributed by atoms with van der Waals surface area (Å²) in [5, 5.41) is 20.4. The first kappa shape index (κ1) is 31.8. The molecule has 0 amide bonds. The van der Waals surface area contributed by atoms with Crippen LogP contribution in [0.3, 0.4) is 0 Å². The van der Waals surface area contributed by atoms with Crippen LogP contribution in [0.5, 0.6) is 0 Å². The van der Waals surface area contributed by atoms with Crippen LogP contribution in [0.25, 0.3) is 0 Å². The summed E-state index contributed by atoms with van der Waals surface area (Å²) in [6, 6.07) is 0. The fourth-order valence-corrected chi connectivity index (χ4v) is 7.18. The van der Waals surface area contributed by atoms with E-state index in [0.29, 0.717) is 11.8 Å². The van der Waals surface area contributed by atoms with Gasteiger partial charge in [-0.15, -0.1) is 13.2 Å². The third-order valence-corrected chi connectivity index (χ3v) is 17.8. The van der Waals surface area contributed by atoms with Gasteiger partial charge in [0.25, 0.3) is 0 Å². The van der Waals surface area contributed by atoms with Crippen molar-refractivity contribution < 1.29 is 19.1 Å². The lowest BCUT2D eigenvalue weighted by molar-refractivity contribution is 0.122.